The number of rotatable bonds is 4. The highest BCUT2D eigenvalue weighted by atomic mass is 16.5. The second kappa shape index (κ2) is 6.76. The zero-order valence-electron chi connectivity index (χ0n) is 15.5. The molecule has 2 aliphatic rings. The highest BCUT2D eigenvalue weighted by molar-refractivity contribution is 5.91. The average molecular weight is 350 g/mol. The van der Waals surface area contributed by atoms with Gasteiger partial charge in [-0.15, -0.1) is 0 Å². The molecule has 0 saturated heterocycles. The van der Waals surface area contributed by atoms with Gasteiger partial charge in [0, 0.05) is 18.7 Å². The van der Waals surface area contributed by atoms with Crippen molar-refractivity contribution in [1.29, 1.82) is 0 Å². The number of ether oxygens (including phenoxy) is 1. The lowest BCUT2D eigenvalue weighted by atomic mass is 9.93. The summed E-state index contributed by atoms with van der Waals surface area (Å²) in [4.78, 5) is 17.9. The molecule has 0 aromatic heterocycles. The Morgan fingerprint density at radius 3 is 2.50 bits per heavy atom. The maximum atomic E-state index is 13.7. The molecule has 0 spiro atoms. The number of carbonyl (C=O) groups excluding carboxylic acids is 1. The Morgan fingerprint density at radius 1 is 1.12 bits per heavy atom. The first-order valence-electron chi connectivity index (χ1n) is 9.32. The topological polar surface area (TPSA) is 32.8 Å². The van der Waals surface area contributed by atoms with Crippen LogP contribution in [0, 0.1) is 0 Å². The highest BCUT2D eigenvalue weighted by Gasteiger charge is 2.54. The summed E-state index contributed by atoms with van der Waals surface area (Å²) in [6.07, 6.45) is 1.87. The van der Waals surface area contributed by atoms with E-state index in [1.165, 1.54) is 0 Å². The van der Waals surface area contributed by atoms with Crippen LogP contribution in [0.1, 0.15) is 24.0 Å². The average Bonchev–Trinajstić information content (AvgIpc) is 3.47. The number of hydrogen-bond donors (Lipinski definition) is 0. The Morgan fingerprint density at radius 2 is 1.81 bits per heavy atom. The summed E-state index contributed by atoms with van der Waals surface area (Å²) in [5.74, 6) is 1.15. The number of nitrogens with zero attached hydrogens (tertiary/aromatic N) is 2. The molecule has 1 atom stereocenters. The third-order valence-corrected chi connectivity index (χ3v) is 5.51. The van der Waals surface area contributed by atoms with Gasteiger partial charge in [-0.25, -0.2) is 0 Å². The van der Waals surface area contributed by atoms with E-state index in [1.54, 1.807) is 0 Å². The maximum Gasteiger partial charge on any atom is 0.233 e. The fraction of sp³-hybridized carbons (Fsp3) is 0.409. The van der Waals surface area contributed by atoms with Crippen LogP contribution in [-0.2, 0) is 16.8 Å². The van der Waals surface area contributed by atoms with Crippen LogP contribution in [0.2, 0.25) is 0 Å². The van der Waals surface area contributed by atoms with E-state index in [0.717, 1.165) is 36.3 Å². The zero-order valence-corrected chi connectivity index (χ0v) is 15.5. The van der Waals surface area contributed by atoms with Gasteiger partial charge in [0.25, 0.3) is 0 Å². The zero-order chi connectivity index (χ0) is 18.1. The monoisotopic (exact) mass is 350 g/mol. The second-order valence-electron chi connectivity index (χ2n) is 7.72. The molecular weight excluding hydrogens is 324 g/mol. The van der Waals surface area contributed by atoms with Gasteiger partial charge in [-0.3, -0.25) is 4.79 Å². The molecule has 2 aromatic carbocycles. The number of fused-ring (bicyclic) bond motifs is 1. The summed E-state index contributed by atoms with van der Waals surface area (Å²) in [7, 11) is 4.09. The second-order valence-corrected chi connectivity index (χ2v) is 7.72. The molecule has 26 heavy (non-hydrogen) atoms. The molecule has 0 bridgehead atoms. The molecule has 136 valence electrons. The third-order valence-electron chi connectivity index (χ3n) is 5.51. The summed E-state index contributed by atoms with van der Waals surface area (Å²) >= 11 is 0. The molecule has 1 heterocycles. The van der Waals surface area contributed by atoms with E-state index in [4.69, 9.17) is 4.74 Å². The van der Waals surface area contributed by atoms with Crippen LogP contribution in [0.4, 0.5) is 0 Å². The van der Waals surface area contributed by atoms with Crippen LogP contribution in [0.3, 0.4) is 0 Å². The van der Waals surface area contributed by atoms with E-state index in [0.29, 0.717) is 13.2 Å². The van der Waals surface area contributed by atoms with Crippen molar-refractivity contribution in [2.24, 2.45) is 0 Å². The van der Waals surface area contributed by atoms with Gasteiger partial charge in [-0.1, -0.05) is 48.5 Å². The lowest BCUT2D eigenvalue weighted by Crippen LogP contribution is -2.50. The molecule has 1 amide bonds. The predicted molar refractivity (Wildman–Crippen MR) is 102 cm³/mol. The highest BCUT2D eigenvalue weighted by Crippen LogP contribution is 2.50. The Bertz CT molecular complexity index is 784. The van der Waals surface area contributed by atoms with Crippen LogP contribution in [0.15, 0.2) is 54.6 Å². The molecule has 1 saturated carbocycles. The van der Waals surface area contributed by atoms with Gasteiger partial charge in [0.1, 0.15) is 12.4 Å². The molecule has 4 rings (SSSR count). The van der Waals surface area contributed by atoms with E-state index in [-0.39, 0.29) is 17.4 Å². The minimum atomic E-state index is -0.342. The first-order valence-corrected chi connectivity index (χ1v) is 9.32. The number of benzene rings is 2. The molecule has 1 fully saturated rings. The molecule has 4 heteroatoms. The normalized spacial score (nSPS) is 20.9. The fourth-order valence-electron chi connectivity index (χ4n) is 3.96. The van der Waals surface area contributed by atoms with Crippen molar-refractivity contribution in [3.63, 3.8) is 0 Å². The number of carbonyl (C=O) groups is 1. The number of amides is 1. The Hall–Kier alpha value is -2.33. The van der Waals surface area contributed by atoms with Crippen molar-refractivity contribution in [3.8, 4) is 5.75 Å². The summed E-state index contributed by atoms with van der Waals surface area (Å²) in [5, 5.41) is 0. The van der Waals surface area contributed by atoms with Crippen molar-refractivity contribution in [2.45, 2.75) is 30.8 Å². The third kappa shape index (κ3) is 3.10. The molecule has 0 N–H and O–H groups in total. The van der Waals surface area contributed by atoms with Gasteiger partial charge < -0.3 is 14.5 Å². The van der Waals surface area contributed by atoms with Crippen molar-refractivity contribution in [3.05, 3.63) is 65.7 Å². The van der Waals surface area contributed by atoms with Crippen molar-refractivity contribution >= 4 is 5.91 Å². The van der Waals surface area contributed by atoms with E-state index < -0.39 is 0 Å². The van der Waals surface area contributed by atoms with Gasteiger partial charge in [0.2, 0.25) is 5.91 Å². The molecule has 1 aliphatic heterocycles. The Labute approximate surface area is 155 Å². The summed E-state index contributed by atoms with van der Waals surface area (Å²) in [6, 6.07) is 18.4. The molecular formula is C22H26N2O2. The van der Waals surface area contributed by atoms with Gasteiger partial charge >= 0.3 is 0 Å². The van der Waals surface area contributed by atoms with Gasteiger partial charge in [-0.05, 0) is 38.6 Å². The molecule has 4 nitrogen and oxygen atoms in total. The summed E-state index contributed by atoms with van der Waals surface area (Å²) in [5.41, 5.74) is 1.89. The van der Waals surface area contributed by atoms with Crippen LogP contribution >= 0.6 is 0 Å². The van der Waals surface area contributed by atoms with E-state index in [9.17, 15) is 4.79 Å². The van der Waals surface area contributed by atoms with Crippen LogP contribution in [-0.4, -0.2) is 49.0 Å². The predicted octanol–water partition coefficient (Wildman–Crippen LogP) is 3.07. The van der Waals surface area contributed by atoms with Gasteiger partial charge in [0.05, 0.1) is 11.5 Å². The number of likely N-dealkylation sites (N-methyl/N-ethyl adjacent to an activating group) is 1. The smallest absolute Gasteiger partial charge is 0.233 e. The van der Waals surface area contributed by atoms with Gasteiger partial charge in [-0.2, -0.15) is 0 Å². The standard InChI is InChI=1S/C22H26N2O2/c1-23(2)15-19-16-26-20-11-7-6-8-17(20)14-24(19)21(25)22(12-13-22)18-9-4-3-5-10-18/h3-11,19H,12-16H2,1-2H3/t19-/m1/s1. The van der Waals surface area contributed by atoms with Crippen molar-refractivity contribution in [1.82, 2.24) is 9.80 Å². The summed E-state index contributed by atoms with van der Waals surface area (Å²) in [6.45, 7) is 1.94. The Kier molecular flexibility index (Phi) is 4.45. The van der Waals surface area contributed by atoms with Gasteiger partial charge in [0.15, 0.2) is 0 Å². The minimum absolute atomic E-state index is 0.0473. The van der Waals surface area contributed by atoms with Crippen molar-refractivity contribution in [2.75, 3.05) is 27.2 Å². The number of hydrogen-bond acceptors (Lipinski definition) is 3. The Balaban J connectivity index is 1.67. The SMILES string of the molecule is CN(C)C[C@@H]1COc2ccccc2CN1C(=O)C1(c2ccccc2)CC1. The minimum Gasteiger partial charge on any atom is -0.491 e. The number of para-hydroxylation sites is 1. The fourth-order valence-corrected chi connectivity index (χ4v) is 3.96. The van der Waals surface area contributed by atoms with Crippen molar-refractivity contribution < 1.29 is 9.53 Å². The van der Waals surface area contributed by atoms with Crippen LogP contribution in [0.25, 0.3) is 0 Å². The molecule has 0 radical (unpaired) electrons. The van der Waals surface area contributed by atoms with E-state index in [1.807, 2.05) is 50.5 Å². The largest absolute Gasteiger partial charge is 0.491 e. The van der Waals surface area contributed by atoms with Crippen LogP contribution in [0.5, 0.6) is 5.75 Å². The molecule has 0 unspecified atom stereocenters. The molecule has 2 aromatic rings. The van der Waals surface area contributed by atoms with E-state index >= 15 is 0 Å². The first-order chi connectivity index (χ1) is 12.6. The quantitative estimate of drug-likeness (QED) is 0.850. The lowest BCUT2D eigenvalue weighted by molar-refractivity contribution is -0.137. The maximum absolute atomic E-state index is 13.7. The first kappa shape index (κ1) is 17.1. The summed E-state index contributed by atoms with van der Waals surface area (Å²) < 4.78 is 6.06. The van der Waals surface area contributed by atoms with E-state index in [2.05, 4.69) is 28.0 Å². The lowest BCUT2D eigenvalue weighted by Gasteiger charge is -2.34. The molecule has 1 aliphatic carbocycles. The van der Waals surface area contributed by atoms with Crippen LogP contribution < -0.4 is 4.74 Å².